The molecule has 2 unspecified atom stereocenters. The number of hydrogen-bond acceptors (Lipinski definition) is 3. The Bertz CT molecular complexity index is 335. The molecule has 1 aliphatic rings. The molecular weight excluding hydrogens is 256 g/mol. The second kappa shape index (κ2) is 7.35. The monoisotopic (exact) mass is 276 g/mol. The number of hydrogen-bond donors (Lipinski definition) is 2. The van der Waals surface area contributed by atoms with Gasteiger partial charge in [-0.05, 0) is 18.8 Å². The van der Waals surface area contributed by atoms with Gasteiger partial charge in [0.1, 0.15) is 0 Å². The lowest BCUT2D eigenvalue weighted by molar-refractivity contribution is -0.138. The van der Waals surface area contributed by atoms with Crippen molar-refractivity contribution in [1.29, 1.82) is 0 Å². The van der Waals surface area contributed by atoms with Crippen LogP contribution in [0.3, 0.4) is 0 Å². The van der Waals surface area contributed by atoms with Crippen LogP contribution in [0.4, 0.5) is 4.79 Å². The lowest BCUT2D eigenvalue weighted by atomic mass is 10.1. The molecule has 1 saturated heterocycles. The van der Waals surface area contributed by atoms with Crippen molar-refractivity contribution in [1.82, 2.24) is 10.2 Å². The lowest BCUT2D eigenvalue weighted by Gasteiger charge is -2.16. The maximum atomic E-state index is 11.7. The van der Waals surface area contributed by atoms with E-state index in [1.54, 1.807) is 11.2 Å². The summed E-state index contributed by atoms with van der Waals surface area (Å²) in [7, 11) is -0.825. The fourth-order valence-electron chi connectivity index (χ4n) is 2.01. The number of carboxylic acids is 1. The fraction of sp³-hybridized carbons (Fsp3) is 0.818. The van der Waals surface area contributed by atoms with Crippen molar-refractivity contribution < 1.29 is 18.9 Å². The summed E-state index contributed by atoms with van der Waals surface area (Å²) in [5, 5.41) is 11.4. The van der Waals surface area contributed by atoms with Crippen LogP contribution in [0.1, 0.15) is 19.3 Å². The van der Waals surface area contributed by atoms with E-state index < -0.39 is 16.8 Å². The Balaban J connectivity index is 2.19. The molecule has 2 amide bonds. The zero-order valence-corrected chi connectivity index (χ0v) is 11.4. The first-order chi connectivity index (χ1) is 8.49. The molecule has 6 nitrogen and oxygen atoms in total. The van der Waals surface area contributed by atoms with Gasteiger partial charge in [0.25, 0.3) is 0 Å². The van der Waals surface area contributed by atoms with Crippen LogP contribution in [-0.4, -0.2) is 57.9 Å². The fourth-order valence-corrected chi connectivity index (χ4v) is 2.56. The average molecular weight is 276 g/mol. The van der Waals surface area contributed by atoms with E-state index in [9.17, 15) is 13.8 Å². The number of amides is 2. The summed E-state index contributed by atoms with van der Waals surface area (Å²) in [5.41, 5.74) is 0. The Morgan fingerprint density at radius 1 is 1.50 bits per heavy atom. The number of nitrogens with one attached hydrogen (secondary N) is 1. The van der Waals surface area contributed by atoms with E-state index in [1.807, 2.05) is 0 Å². The number of carbonyl (C=O) groups is 2. The maximum Gasteiger partial charge on any atom is 0.317 e. The van der Waals surface area contributed by atoms with Crippen molar-refractivity contribution in [2.45, 2.75) is 19.3 Å². The van der Waals surface area contributed by atoms with Gasteiger partial charge in [-0.3, -0.25) is 9.00 Å². The van der Waals surface area contributed by atoms with E-state index in [4.69, 9.17) is 5.11 Å². The van der Waals surface area contributed by atoms with Gasteiger partial charge < -0.3 is 15.3 Å². The minimum absolute atomic E-state index is 0.0661. The summed E-state index contributed by atoms with van der Waals surface area (Å²) < 4.78 is 10.8. The molecule has 0 aromatic heterocycles. The molecule has 0 saturated carbocycles. The second-order valence-corrected chi connectivity index (χ2v) is 6.12. The second-order valence-electron chi connectivity index (χ2n) is 4.56. The van der Waals surface area contributed by atoms with E-state index in [-0.39, 0.29) is 18.4 Å². The minimum Gasteiger partial charge on any atom is -0.481 e. The topological polar surface area (TPSA) is 86.7 Å². The molecular formula is C11H20N2O4S. The van der Waals surface area contributed by atoms with Crippen molar-refractivity contribution in [3.05, 3.63) is 0 Å². The van der Waals surface area contributed by atoms with E-state index in [0.717, 1.165) is 6.42 Å². The van der Waals surface area contributed by atoms with E-state index >= 15 is 0 Å². The Hall–Kier alpha value is -1.11. The van der Waals surface area contributed by atoms with Gasteiger partial charge in [0.2, 0.25) is 0 Å². The third-order valence-corrected chi connectivity index (χ3v) is 3.78. The standard InChI is InChI=1S/C11H20N2O4S/c1-18(17)6-2-4-12-11(16)13-5-3-9(8-13)7-10(14)15/h9H,2-8H2,1H3,(H,12,16)(H,14,15). The zero-order chi connectivity index (χ0) is 13.5. The molecule has 1 rings (SSSR count). The molecule has 1 heterocycles. The third kappa shape index (κ3) is 5.48. The highest BCUT2D eigenvalue weighted by Gasteiger charge is 2.27. The molecule has 0 bridgehead atoms. The Kier molecular flexibility index (Phi) is 6.11. The molecule has 0 spiro atoms. The van der Waals surface area contributed by atoms with E-state index in [0.29, 0.717) is 31.8 Å². The Labute approximate surface area is 109 Å². The van der Waals surface area contributed by atoms with Crippen LogP contribution in [0.15, 0.2) is 0 Å². The van der Waals surface area contributed by atoms with Gasteiger partial charge in [-0.25, -0.2) is 4.79 Å². The van der Waals surface area contributed by atoms with Gasteiger partial charge in [0.05, 0.1) is 0 Å². The van der Waals surface area contributed by atoms with Crippen LogP contribution in [0, 0.1) is 5.92 Å². The Morgan fingerprint density at radius 2 is 2.22 bits per heavy atom. The largest absolute Gasteiger partial charge is 0.481 e. The summed E-state index contributed by atoms with van der Waals surface area (Å²) in [6.07, 6.45) is 3.21. The molecule has 0 aliphatic carbocycles. The predicted molar refractivity (Wildman–Crippen MR) is 68.9 cm³/mol. The van der Waals surface area contributed by atoms with Crippen molar-refractivity contribution in [2.24, 2.45) is 5.92 Å². The minimum atomic E-state index is -0.825. The molecule has 0 radical (unpaired) electrons. The molecule has 1 fully saturated rings. The first-order valence-electron chi connectivity index (χ1n) is 6.03. The number of carbonyl (C=O) groups excluding carboxylic acids is 1. The van der Waals surface area contributed by atoms with Crippen LogP contribution in [0.2, 0.25) is 0 Å². The number of urea groups is 1. The van der Waals surface area contributed by atoms with Crippen molar-refractivity contribution >= 4 is 22.8 Å². The number of carboxylic acid groups (broad SMARTS) is 1. The number of likely N-dealkylation sites (tertiary alicyclic amines) is 1. The summed E-state index contributed by atoms with van der Waals surface area (Å²) >= 11 is 0. The van der Waals surface area contributed by atoms with Gasteiger partial charge in [-0.15, -0.1) is 0 Å². The zero-order valence-electron chi connectivity index (χ0n) is 10.6. The molecule has 2 atom stereocenters. The van der Waals surface area contributed by atoms with Gasteiger partial charge in [-0.1, -0.05) is 0 Å². The van der Waals surface area contributed by atoms with Crippen molar-refractivity contribution in [3.63, 3.8) is 0 Å². The van der Waals surface area contributed by atoms with Gasteiger partial charge in [0, 0.05) is 48.9 Å². The van der Waals surface area contributed by atoms with Crippen molar-refractivity contribution in [3.8, 4) is 0 Å². The lowest BCUT2D eigenvalue weighted by Crippen LogP contribution is -2.39. The highest BCUT2D eigenvalue weighted by Crippen LogP contribution is 2.19. The van der Waals surface area contributed by atoms with Crippen LogP contribution >= 0.6 is 0 Å². The first-order valence-corrected chi connectivity index (χ1v) is 7.76. The van der Waals surface area contributed by atoms with Gasteiger partial charge in [0.15, 0.2) is 0 Å². The summed E-state index contributed by atoms with van der Waals surface area (Å²) in [5.74, 6) is -0.161. The number of nitrogens with zero attached hydrogens (tertiary/aromatic N) is 1. The first kappa shape index (κ1) is 14.9. The smallest absolute Gasteiger partial charge is 0.317 e. The molecule has 18 heavy (non-hydrogen) atoms. The maximum absolute atomic E-state index is 11.7. The third-order valence-electron chi connectivity index (χ3n) is 2.92. The molecule has 2 N–H and O–H groups in total. The molecule has 0 aromatic rings. The van der Waals surface area contributed by atoms with Gasteiger partial charge >= 0.3 is 12.0 Å². The highest BCUT2D eigenvalue weighted by atomic mass is 32.2. The summed E-state index contributed by atoms with van der Waals surface area (Å²) in [4.78, 5) is 23.9. The highest BCUT2D eigenvalue weighted by molar-refractivity contribution is 7.84. The van der Waals surface area contributed by atoms with Crippen LogP contribution in [0.25, 0.3) is 0 Å². The quantitative estimate of drug-likeness (QED) is 0.681. The summed E-state index contributed by atoms with van der Waals surface area (Å²) in [6.45, 7) is 1.64. The van der Waals surface area contributed by atoms with E-state index in [1.165, 1.54) is 0 Å². The number of rotatable bonds is 6. The van der Waals surface area contributed by atoms with Crippen LogP contribution < -0.4 is 5.32 Å². The SMILES string of the molecule is CS(=O)CCCNC(=O)N1CCC(CC(=O)O)C1. The van der Waals surface area contributed by atoms with Crippen molar-refractivity contribution in [2.75, 3.05) is 31.6 Å². The molecule has 1 aliphatic heterocycles. The number of aliphatic carboxylic acids is 1. The molecule has 7 heteroatoms. The van der Waals surface area contributed by atoms with E-state index in [2.05, 4.69) is 5.32 Å². The summed E-state index contributed by atoms with van der Waals surface area (Å²) in [6, 6.07) is -0.148. The average Bonchev–Trinajstić information content (AvgIpc) is 2.71. The van der Waals surface area contributed by atoms with Gasteiger partial charge in [-0.2, -0.15) is 0 Å². The van der Waals surface area contributed by atoms with Crippen LogP contribution in [-0.2, 0) is 15.6 Å². The normalized spacial score (nSPS) is 20.7. The van der Waals surface area contributed by atoms with Crippen LogP contribution in [0.5, 0.6) is 0 Å². The molecule has 0 aromatic carbocycles. The molecule has 104 valence electrons. The predicted octanol–water partition coefficient (Wildman–Crippen LogP) is 0.261. The Morgan fingerprint density at radius 3 is 2.83 bits per heavy atom.